The molecule has 31 heavy (non-hydrogen) atoms. The van der Waals surface area contributed by atoms with Crippen molar-refractivity contribution >= 4 is 22.9 Å². The van der Waals surface area contributed by atoms with Gasteiger partial charge in [-0.1, -0.05) is 49.0 Å². The third-order valence-corrected chi connectivity index (χ3v) is 8.74. The molecule has 0 radical (unpaired) electrons. The van der Waals surface area contributed by atoms with Crippen LogP contribution in [0, 0.1) is 30.1 Å². The first-order valence-corrected chi connectivity index (χ1v) is 12.3. The quantitative estimate of drug-likeness (QED) is 0.658. The molecule has 2 aromatic rings. The fourth-order valence-corrected chi connectivity index (χ4v) is 6.34. The van der Waals surface area contributed by atoms with Crippen LogP contribution in [0.1, 0.15) is 44.5 Å². The molecule has 1 aromatic heterocycles. The monoisotopic (exact) mass is 436 g/mol. The van der Waals surface area contributed by atoms with Crippen LogP contribution in [0.25, 0.3) is 10.6 Å². The topological polar surface area (TPSA) is 58.1 Å². The van der Waals surface area contributed by atoms with E-state index in [1.54, 1.807) is 16.9 Å². The van der Waals surface area contributed by atoms with E-state index >= 15 is 0 Å². The van der Waals surface area contributed by atoms with Crippen LogP contribution in [0.5, 0.6) is 0 Å². The molecule has 6 heteroatoms. The summed E-state index contributed by atoms with van der Waals surface area (Å²) in [5.41, 5.74) is 3.98. The summed E-state index contributed by atoms with van der Waals surface area (Å²) in [7, 11) is 0. The van der Waals surface area contributed by atoms with Crippen LogP contribution in [0.3, 0.4) is 0 Å². The van der Waals surface area contributed by atoms with Gasteiger partial charge in [-0.3, -0.25) is 9.69 Å². The van der Waals surface area contributed by atoms with Crippen molar-refractivity contribution in [2.24, 2.45) is 23.2 Å². The zero-order chi connectivity index (χ0) is 21.6. The minimum atomic E-state index is 0.0912. The number of amides is 1. The number of carbonyl (C=O) groups is 1. The number of fused-ring (bicyclic) bond motifs is 1. The van der Waals surface area contributed by atoms with Gasteiger partial charge in [0.15, 0.2) is 0 Å². The maximum Gasteiger partial charge on any atom is 0.227 e. The zero-order valence-corrected chi connectivity index (χ0v) is 19.5. The Labute approximate surface area is 189 Å². The zero-order valence-electron chi connectivity index (χ0n) is 18.7. The highest BCUT2D eigenvalue weighted by Crippen LogP contribution is 2.59. The van der Waals surface area contributed by atoms with E-state index in [0.29, 0.717) is 5.41 Å². The first kappa shape index (κ1) is 20.8. The second-order valence-electron chi connectivity index (χ2n) is 10.1. The van der Waals surface area contributed by atoms with Crippen LogP contribution in [0.15, 0.2) is 35.9 Å². The lowest BCUT2D eigenvalue weighted by molar-refractivity contribution is -0.121. The van der Waals surface area contributed by atoms with Gasteiger partial charge in [-0.25, -0.2) is 0 Å². The summed E-state index contributed by atoms with van der Waals surface area (Å²) in [6.07, 6.45) is 7.02. The fourth-order valence-electron chi connectivity index (χ4n) is 5.65. The van der Waals surface area contributed by atoms with E-state index in [1.807, 2.05) is 31.2 Å². The lowest BCUT2D eigenvalue weighted by atomic mass is 9.49. The van der Waals surface area contributed by atoms with Gasteiger partial charge in [-0.15, -0.1) is 10.2 Å². The molecule has 1 N–H and O–H groups in total. The molecule has 2 atom stereocenters. The van der Waals surface area contributed by atoms with Crippen molar-refractivity contribution in [1.82, 2.24) is 15.1 Å². The van der Waals surface area contributed by atoms with E-state index in [-0.39, 0.29) is 11.8 Å². The molecule has 1 saturated heterocycles. The molecular weight excluding hydrogens is 404 g/mol. The molecule has 2 bridgehead atoms. The normalized spacial score (nSPS) is 25.6. The van der Waals surface area contributed by atoms with Gasteiger partial charge < -0.3 is 5.32 Å². The molecule has 1 aromatic carbocycles. The average molecular weight is 437 g/mol. The van der Waals surface area contributed by atoms with Gasteiger partial charge in [0.1, 0.15) is 10.0 Å². The van der Waals surface area contributed by atoms with Crippen molar-refractivity contribution in [3.05, 3.63) is 40.9 Å². The summed E-state index contributed by atoms with van der Waals surface area (Å²) in [6, 6.07) is 7.93. The molecule has 2 fully saturated rings. The van der Waals surface area contributed by atoms with Gasteiger partial charge in [-0.2, -0.15) is 0 Å². The highest BCUT2D eigenvalue weighted by atomic mass is 32.1. The Bertz CT molecular complexity index is 1000. The lowest BCUT2D eigenvalue weighted by Gasteiger charge is -2.57. The molecule has 3 aliphatic carbocycles. The Morgan fingerprint density at radius 3 is 2.74 bits per heavy atom. The van der Waals surface area contributed by atoms with Crippen LogP contribution < -0.4 is 5.32 Å². The summed E-state index contributed by atoms with van der Waals surface area (Å²) in [6.45, 7) is 9.95. The van der Waals surface area contributed by atoms with Crippen LogP contribution in [-0.2, 0) is 4.79 Å². The Balaban J connectivity index is 1.14. The maximum atomic E-state index is 12.9. The molecule has 1 amide bonds. The summed E-state index contributed by atoms with van der Waals surface area (Å²) in [5, 5.41) is 13.3. The molecule has 5 nitrogen and oxygen atoms in total. The van der Waals surface area contributed by atoms with E-state index in [2.05, 4.69) is 40.3 Å². The number of allylic oxidation sites excluding steroid dienone is 1. The summed E-state index contributed by atoms with van der Waals surface area (Å²) < 4.78 is 0. The SMILES string of the molecule is Cc1nnc(-c2cccc(NC(=O)C3CCN(CC4=CC[C@H]5C[C@@H]4C5(C)C)CC3)c2)s1. The smallest absolute Gasteiger partial charge is 0.227 e. The lowest BCUT2D eigenvalue weighted by Crippen LogP contribution is -2.50. The number of aromatic nitrogens is 2. The highest BCUT2D eigenvalue weighted by Gasteiger charge is 2.51. The molecule has 2 heterocycles. The van der Waals surface area contributed by atoms with Gasteiger partial charge in [0.2, 0.25) is 5.91 Å². The Morgan fingerprint density at radius 2 is 2.06 bits per heavy atom. The minimum Gasteiger partial charge on any atom is -0.326 e. The second-order valence-corrected chi connectivity index (χ2v) is 11.2. The number of nitrogens with zero attached hydrogens (tertiary/aromatic N) is 3. The van der Waals surface area contributed by atoms with E-state index in [9.17, 15) is 4.79 Å². The Kier molecular flexibility index (Phi) is 5.47. The van der Waals surface area contributed by atoms with Gasteiger partial charge in [0, 0.05) is 23.7 Å². The summed E-state index contributed by atoms with van der Waals surface area (Å²) in [5.74, 6) is 1.90. The van der Waals surface area contributed by atoms with E-state index < -0.39 is 0 Å². The Hall–Kier alpha value is -2.05. The molecule has 6 rings (SSSR count). The van der Waals surface area contributed by atoms with E-state index in [1.165, 1.54) is 12.8 Å². The van der Waals surface area contributed by atoms with E-state index in [4.69, 9.17) is 0 Å². The summed E-state index contributed by atoms with van der Waals surface area (Å²) in [4.78, 5) is 15.5. The van der Waals surface area contributed by atoms with Crippen LogP contribution in [-0.4, -0.2) is 40.6 Å². The van der Waals surface area contributed by atoms with Crippen LogP contribution in [0.2, 0.25) is 0 Å². The summed E-state index contributed by atoms with van der Waals surface area (Å²) >= 11 is 1.57. The molecule has 0 spiro atoms. The fraction of sp³-hybridized carbons (Fsp3) is 0.560. The van der Waals surface area contributed by atoms with E-state index in [0.717, 1.165) is 65.6 Å². The molecular formula is C25H32N4OS. The standard InChI is InChI=1S/C25H32N4OS/c1-16-27-28-24(31-16)18-5-4-6-21(13-18)26-23(30)17-9-11-29(12-10-17)15-19-7-8-20-14-22(19)25(20,2)3/h4-7,13,17,20,22H,8-12,14-15H2,1-3H3,(H,26,30)/t20-,22-/m0/s1. The number of piperidine rings is 1. The number of hydrogen-bond acceptors (Lipinski definition) is 5. The highest BCUT2D eigenvalue weighted by molar-refractivity contribution is 7.14. The van der Waals surface area contributed by atoms with Gasteiger partial charge in [0.05, 0.1) is 0 Å². The first-order valence-electron chi connectivity index (χ1n) is 11.5. The predicted molar refractivity (Wildman–Crippen MR) is 126 cm³/mol. The predicted octanol–water partition coefficient (Wildman–Crippen LogP) is 5.16. The van der Waals surface area contributed by atoms with Gasteiger partial charge in [0.25, 0.3) is 0 Å². The third-order valence-electron chi connectivity index (χ3n) is 7.85. The third kappa shape index (κ3) is 4.08. The van der Waals surface area contributed by atoms with Crippen molar-refractivity contribution < 1.29 is 4.79 Å². The van der Waals surface area contributed by atoms with Crippen LogP contribution >= 0.6 is 11.3 Å². The first-order chi connectivity index (χ1) is 14.9. The number of aryl methyl sites for hydroxylation is 1. The number of benzene rings is 1. The van der Waals surface area contributed by atoms with Crippen molar-refractivity contribution in [2.75, 3.05) is 25.0 Å². The number of hydrogen-bond donors (Lipinski definition) is 1. The second kappa shape index (κ2) is 8.14. The molecule has 1 aliphatic heterocycles. The number of rotatable bonds is 5. The molecule has 164 valence electrons. The number of anilines is 1. The number of carbonyl (C=O) groups excluding carboxylic acids is 1. The van der Waals surface area contributed by atoms with Crippen molar-refractivity contribution in [3.63, 3.8) is 0 Å². The molecule has 1 saturated carbocycles. The molecule has 4 aliphatic rings. The largest absolute Gasteiger partial charge is 0.326 e. The van der Waals surface area contributed by atoms with Gasteiger partial charge in [-0.05, 0) is 75.1 Å². The van der Waals surface area contributed by atoms with Crippen molar-refractivity contribution in [2.45, 2.75) is 46.5 Å². The average Bonchev–Trinajstić information content (AvgIpc) is 3.21. The van der Waals surface area contributed by atoms with Crippen molar-refractivity contribution in [1.29, 1.82) is 0 Å². The number of likely N-dealkylation sites (tertiary alicyclic amines) is 1. The number of nitrogens with one attached hydrogen (secondary N) is 1. The Morgan fingerprint density at radius 1 is 1.26 bits per heavy atom. The molecule has 0 unspecified atom stereocenters. The minimum absolute atomic E-state index is 0.0912. The van der Waals surface area contributed by atoms with Crippen molar-refractivity contribution in [3.8, 4) is 10.6 Å². The van der Waals surface area contributed by atoms with Crippen LogP contribution in [0.4, 0.5) is 5.69 Å². The van der Waals surface area contributed by atoms with Gasteiger partial charge >= 0.3 is 0 Å². The maximum absolute atomic E-state index is 12.9.